The summed E-state index contributed by atoms with van der Waals surface area (Å²) >= 11 is 0. The van der Waals surface area contributed by atoms with Gasteiger partial charge in [0, 0.05) is 26.7 Å². The van der Waals surface area contributed by atoms with Crippen LogP contribution in [0.4, 0.5) is 0 Å². The van der Waals surface area contributed by atoms with Crippen molar-refractivity contribution in [2.24, 2.45) is 10.4 Å². The van der Waals surface area contributed by atoms with Gasteiger partial charge in [0.25, 0.3) is 0 Å². The van der Waals surface area contributed by atoms with Crippen LogP contribution in [0, 0.1) is 5.41 Å². The van der Waals surface area contributed by atoms with Crippen LogP contribution in [-0.2, 0) is 4.79 Å². The fraction of sp³-hybridized carbons (Fsp3) is 0.857. The molecule has 1 saturated carbocycles. The van der Waals surface area contributed by atoms with Gasteiger partial charge in [0.05, 0.1) is 6.54 Å². The monoisotopic (exact) mass is 394 g/mol. The van der Waals surface area contributed by atoms with Crippen LogP contribution in [0.2, 0.25) is 0 Å². The lowest BCUT2D eigenvalue weighted by molar-refractivity contribution is -0.120. The third-order valence-corrected chi connectivity index (χ3v) is 4.34. The summed E-state index contributed by atoms with van der Waals surface area (Å²) in [6.45, 7) is 5.27. The zero-order valence-electron chi connectivity index (χ0n) is 12.6. The van der Waals surface area contributed by atoms with Crippen LogP contribution >= 0.6 is 24.0 Å². The summed E-state index contributed by atoms with van der Waals surface area (Å²) in [4.78, 5) is 18.2. The normalized spacial score (nSPS) is 20.3. The summed E-state index contributed by atoms with van der Waals surface area (Å²) in [5.74, 6) is 0.913. The van der Waals surface area contributed by atoms with E-state index in [2.05, 4.69) is 27.4 Å². The van der Waals surface area contributed by atoms with E-state index in [-0.39, 0.29) is 29.9 Å². The van der Waals surface area contributed by atoms with Crippen molar-refractivity contribution in [3.05, 3.63) is 0 Å². The van der Waals surface area contributed by atoms with Gasteiger partial charge < -0.3 is 15.5 Å². The van der Waals surface area contributed by atoms with E-state index in [0.29, 0.717) is 12.0 Å². The molecule has 0 aromatic rings. The zero-order valence-corrected chi connectivity index (χ0v) is 14.9. The van der Waals surface area contributed by atoms with Gasteiger partial charge in [-0.2, -0.15) is 0 Å². The molecule has 5 nitrogen and oxygen atoms in total. The van der Waals surface area contributed by atoms with Gasteiger partial charge in [-0.3, -0.25) is 9.79 Å². The number of aliphatic imine (C=N–C) groups is 1. The lowest BCUT2D eigenvalue weighted by atomic mass is 9.68. The molecular formula is C14H27IN4O. The SMILES string of the molecule is CCCNC(=O)CNC(=NC)N1CCC2(CCC2)C1.I. The maximum atomic E-state index is 11.6. The highest BCUT2D eigenvalue weighted by Gasteiger charge is 2.43. The average molecular weight is 394 g/mol. The first kappa shape index (κ1) is 17.5. The number of amides is 1. The van der Waals surface area contributed by atoms with Gasteiger partial charge in [-0.1, -0.05) is 13.3 Å². The fourth-order valence-corrected chi connectivity index (χ4v) is 3.02. The Morgan fingerprint density at radius 1 is 1.30 bits per heavy atom. The molecule has 0 unspecified atom stereocenters. The van der Waals surface area contributed by atoms with E-state index in [1.807, 2.05) is 0 Å². The van der Waals surface area contributed by atoms with Crippen LogP contribution in [0.15, 0.2) is 4.99 Å². The Hall–Kier alpha value is -0.530. The first-order valence-corrected chi connectivity index (χ1v) is 7.41. The van der Waals surface area contributed by atoms with Crippen LogP contribution in [0.3, 0.4) is 0 Å². The number of carbonyl (C=O) groups is 1. The highest BCUT2D eigenvalue weighted by atomic mass is 127. The summed E-state index contributed by atoms with van der Waals surface area (Å²) in [5, 5.41) is 6.04. The minimum Gasteiger partial charge on any atom is -0.355 e. The Balaban J connectivity index is 0.00000200. The molecular weight excluding hydrogens is 367 g/mol. The van der Waals surface area contributed by atoms with Gasteiger partial charge in [0.2, 0.25) is 5.91 Å². The molecule has 1 spiro atoms. The molecule has 2 N–H and O–H groups in total. The Labute approximate surface area is 139 Å². The van der Waals surface area contributed by atoms with Gasteiger partial charge in [-0.15, -0.1) is 24.0 Å². The summed E-state index contributed by atoms with van der Waals surface area (Å²) in [6.07, 6.45) is 6.33. The Kier molecular flexibility index (Phi) is 7.05. The molecule has 1 amide bonds. The van der Waals surface area contributed by atoms with E-state index >= 15 is 0 Å². The smallest absolute Gasteiger partial charge is 0.239 e. The average Bonchev–Trinajstić information content (AvgIpc) is 2.82. The number of guanidine groups is 1. The molecule has 6 heteroatoms. The van der Waals surface area contributed by atoms with Gasteiger partial charge in [0.15, 0.2) is 5.96 Å². The van der Waals surface area contributed by atoms with Crippen molar-refractivity contribution in [1.82, 2.24) is 15.5 Å². The molecule has 0 bridgehead atoms. The largest absolute Gasteiger partial charge is 0.355 e. The minimum atomic E-state index is 0. The van der Waals surface area contributed by atoms with Crippen LogP contribution in [-0.4, -0.2) is 50.0 Å². The quantitative estimate of drug-likeness (QED) is 0.433. The second-order valence-corrected chi connectivity index (χ2v) is 5.78. The Bertz CT molecular complexity index is 355. The van der Waals surface area contributed by atoms with E-state index in [9.17, 15) is 4.79 Å². The molecule has 0 atom stereocenters. The second kappa shape index (κ2) is 8.05. The molecule has 2 aliphatic rings. The van der Waals surface area contributed by atoms with Gasteiger partial charge in [-0.25, -0.2) is 0 Å². The molecule has 2 fully saturated rings. The predicted octanol–water partition coefficient (Wildman–Crippen LogP) is 1.58. The fourth-order valence-electron chi connectivity index (χ4n) is 3.02. The van der Waals surface area contributed by atoms with E-state index in [4.69, 9.17) is 0 Å². The van der Waals surface area contributed by atoms with Crippen molar-refractivity contribution < 1.29 is 4.79 Å². The van der Waals surface area contributed by atoms with E-state index in [0.717, 1.165) is 32.0 Å². The number of nitrogens with one attached hydrogen (secondary N) is 2. The number of rotatable bonds is 4. The van der Waals surface area contributed by atoms with E-state index in [1.54, 1.807) is 7.05 Å². The van der Waals surface area contributed by atoms with E-state index in [1.165, 1.54) is 25.7 Å². The molecule has 1 saturated heterocycles. The molecule has 0 aromatic heterocycles. The summed E-state index contributed by atoms with van der Waals surface area (Å²) < 4.78 is 0. The summed E-state index contributed by atoms with van der Waals surface area (Å²) in [6, 6.07) is 0. The second-order valence-electron chi connectivity index (χ2n) is 5.78. The summed E-state index contributed by atoms with van der Waals surface area (Å²) in [5.41, 5.74) is 0.558. The number of hydrogen-bond acceptors (Lipinski definition) is 2. The maximum absolute atomic E-state index is 11.6. The van der Waals surface area contributed by atoms with Crippen molar-refractivity contribution in [1.29, 1.82) is 0 Å². The highest BCUT2D eigenvalue weighted by Crippen LogP contribution is 2.47. The molecule has 0 radical (unpaired) electrons. The number of carbonyl (C=O) groups excluding carboxylic acids is 1. The third kappa shape index (κ3) is 4.23. The highest BCUT2D eigenvalue weighted by molar-refractivity contribution is 14.0. The number of nitrogens with zero attached hydrogens (tertiary/aromatic N) is 2. The first-order valence-electron chi connectivity index (χ1n) is 7.41. The van der Waals surface area contributed by atoms with Crippen LogP contribution < -0.4 is 10.6 Å². The zero-order chi connectivity index (χ0) is 13.7. The minimum absolute atomic E-state index is 0. The van der Waals surface area contributed by atoms with E-state index < -0.39 is 0 Å². The number of halogens is 1. The lowest BCUT2D eigenvalue weighted by Gasteiger charge is -2.38. The van der Waals surface area contributed by atoms with Crippen molar-refractivity contribution in [3.63, 3.8) is 0 Å². The topological polar surface area (TPSA) is 56.7 Å². The van der Waals surface area contributed by atoms with Crippen molar-refractivity contribution in [3.8, 4) is 0 Å². The van der Waals surface area contributed by atoms with Crippen LogP contribution in [0.1, 0.15) is 39.0 Å². The Morgan fingerprint density at radius 3 is 2.55 bits per heavy atom. The van der Waals surface area contributed by atoms with Crippen molar-refractivity contribution in [2.75, 3.05) is 33.2 Å². The molecule has 1 heterocycles. The van der Waals surface area contributed by atoms with Gasteiger partial charge >= 0.3 is 0 Å². The van der Waals surface area contributed by atoms with Gasteiger partial charge in [-0.05, 0) is 31.1 Å². The van der Waals surface area contributed by atoms with Crippen molar-refractivity contribution in [2.45, 2.75) is 39.0 Å². The molecule has 0 aromatic carbocycles. The van der Waals surface area contributed by atoms with Crippen LogP contribution in [0.5, 0.6) is 0 Å². The first-order chi connectivity index (χ1) is 9.19. The predicted molar refractivity (Wildman–Crippen MR) is 92.6 cm³/mol. The molecule has 1 aliphatic heterocycles. The lowest BCUT2D eigenvalue weighted by Crippen LogP contribution is -2.46. The molecule has 20 heavy (non-hydrogen) atoms. The molecule has 2 rings (SSSR count). The molecule has 1 aliphatic carbocycles. The third-order valence-electron chi connectivity index (χ3n) is 4.34. The maximum Gasteiger partial charge on any atom is 0.239 e. The summed E-state index contributed by atoms with van der Waals surface area (Å²) in [7, 11) is 1.79. The van der Waals surface area contributed by atoms with Crippen molar-refractivity contribution >= 4 is 35.8 Å². The number of likely N-dealkylation sites (tertiary alicyclic amines) is 1. The van der Waals surface area contributed by atoms with Gasteiger partial charge in [0.1, 0.15) is 0 Å². The molecule has 116 valence electrons. The number of hydrogen-bond donors (Lipinski definition) is 2. The standard InChI is InChI=1S/C14H26N4O.HI/c1-3-8-16-12(19)10-17-13(15-2)18-9-7-14(11-18)5-4-6-14;/h3-11H2,1-2H3,(H,15,17)(H,16,19);1H. The van der Waals surface area contributed by atoms with Crippen LogP contribution in [0.25, 0.3) is 0 Å². The Morgan fingerprint density at radius 2 is 2.05 bits per heavy atom.